The second kappa shape index (κ2) is 8.19. The molecule has 0 saturated carbocycles. The van der Waals surface area contributed by atoms with Crippen LogP contribution in [0.2, 0.25) is 0 Å². The third kappa shape index (κ3) is 4.36. The van der Waals surface area contributed by atoms with E-state index in [0.717, 1.165) is 21.3 Å². The summed E-state index contributed by atoms with van der Waals surface area (Å²) in [5.41, 5.74) is 3.86. The van der Waals surface area contributed by atoms with Crippen molar-refractivity contribution in [2.45, 2.75) is 13.8 Å². The number of thioether (sulfide) groups is 1. The molecule has 1 aliphatic heterocycles. The van der Waals surface area contributed by atoms with Gasteiger partial charge in [0.1, 0.15) is 11.5 Å². The summed E-state index contributed by atoms with van der Waals surface area (Å²) >= 11 is 4.77. The quantitative estimate of drug-likeness (QED) is 0.673. The van der Waals surface area contributed by atoms with Gasteiger partial charge in [-0.2, -0.15) is 0 Å². The predicted octanol–water partition coefficient (Wildman–Crippen LogP) is 4.97. The second-order valence-electron chi connectivity index (χ2n) is 6.00. The first-order valence-electron chi connectivity index (χ1n) is 8.19. The van der Waals surface area contributed by atoms with E-state index in [1.807, 2.05) is 32.0 Å². The minimum atomic E-state index is -0.183. The number of nitrogens with zero attached hydrogens (tertiary/aromatic N) is 1. The van der Waals surface area contributed by atoms with Gasteiger partial charge in [0.2, 0.25) is 0 Å². The second-order valence-corrected chi connectivity index (χ2v) is 7.89. The monoisotopic (exact) mass is 446 g/mol. The maximum atomic E-state index is 12.4. The summed E-state index contributed by atoms with van der Waals surface area (Å²) in [7, 11) is 3.17. The number of amidine groups is 1. The number of methoxy groups -OCH3 is 2. The van der Waals surface area contributed by atoms with E-state index in [9.17, 15) is 4.79 Å². The Hall–Kier alpha value is -2.25. The summed E-state index contributed by atoms with van der Waals surface area (Å²) in [4.78, 5) is 17.5. The largest absolute Gasteiger partial charge is 0.496 e. The SMILES string of the molecule is COc1cc(OC)c(/C=C2/SC(=Nc3ccc(C)cc3C)NC2=O)cc1Br. The number of amides is 1. The van der Waals surface area contributed by atoms with Crippen molar-refractivity contribution in [2.24, 2.45) is 4.99 Å². The number of aliphatic imine (C=N–C) groups is 1. The molecule has 2 aromatic carbocycles. The standard InChI is InChI=1S/C20H19BrN2O3S/c1-11-5-6-15(12(2)7-11)22-20-23-19(24)18(27-20)9-13-8-14(21)17(26-4)10-16(13)25-3/h5-10H,1-4H3,(H,22,23,24)/b18-9+. The highest BCUT2D eigenvalue weighted by atomic mass is 79.9. The summed E-state index contributed by atoms with van der Waals surface area (Å²) < 4.78 is 11.5. The molecule has 1 amide bonds. The van der Waals surface area contributed by atoms with Crippen molar-refractivity contribution in [2.75, 3.05) is 14.2 Å². The molecular weight excluding hydrogens is 428 g/mol. The van der Waals surface area contributed by atoms with Gasteiger partial charge in [0, 0.05) is 11.6 Å². The number of ether oxygens (including phenoxy) is 2. The third-order valence-electron chi connectivity index (χ3n) is 4.02. The molecule has 0 spiro atoms. The number of carbonyl (C=O) groups is 1. The number of carbonyl (C=O) groups excluding carboxylic acids is 1. The molecule has 1 saturated heterocycles. The number of nitrogens with one attached hydrogen (secondary N) is 1. The van der Waals surface area contributed by atoms with Crippen LogP contribution in [0, 0.1) is 13.8 Å². The Labute approximate surface area is 171 Å². The van der Waals surface area contributed by atoms with Crippen LogP contribution in [-0.2, 0) is 4.79 Å². The molecule has 2 aromatic rings. The maximum absolute atomic E-state index is 12.4. The van der Waals surface area contributed by atoms with Gasteiger partial charge in [0.25, 0.3) is 5.91 Å². The first-order chi connectivity index (χ1) is 12.9. The molecule has 140 valence electrons. The lowest BCUT2D eigenvalue weighted by molar-refractivity contribution is -0.115. The average Bonchev–Trinajstić information content (AvgIpc) is 2.97. The molecule has 1 fully saturated rings. The Morgan fingerprint density at radius 2 is 1.85 bits per heavy atom. The summed E-state index contributed by atoms with van der Waals surface area (Å²) in [6, 6.07) is 9.66. The number of hydrogen-bond acceptors (Lipinski definition) is 5. The molecule has 0 aliphatic carbocycles. The molecule has 7 heteroatoms. The van der Waals surface area contributed by atoms with Crippen molar-refractivity contribution in [3.05, 3.63) is 56.4 Å². The van der Waals surface area contributed by atoms with Crippen LogP contribution in [0.15, 0.2) is 44.7 Å². The van der Waals surface area contributed by atoms with Gasteiger partial charge in [-0.1, -0.05) is 17.7 Å². The molecule has 1 aliphatic rings. The summed E-state index contributed by atoms with van der Waals surface area (Å²) in [5.74, 6) is 1.10. The molecule has 0 bridgehead atoms. The lowest BCUT2D eigenvalue weighted by Crippen LogP contribution is -2.19. The van der Waals surface area contributed by atoms with Crippen molar-refractivity contribution in [1.29, 1.82) is 0 Å². The number of hydrogen-bond donors (Lipinski definition) is 1. The number of benzene rings is 2. The Kier molecular flexibility index (Phi) is 5.92. The zero-order chi connectivity index (χ0) is 19.6. The lowest BCUT2D eigenvalue weighted by Gasteiger charge is -2.10. The molecular formula is C20H19BrN2O3S. The van der Waals surface area contributed by atoms with Gasteiger partial charge in [0.15, 0.2) is 5.17 Å². The number of halogens is 1. The zero-order valence-corrected chi connectivity index (χ0v) is 17.8. The van der Waals surface area contributed by atoms with Gasteiger partial charge in [-0.3, -0.25) is 4.79 Å². The van der Waals surface area contributed by atoms with Crippen LogP contribution in [0.3, 0.4) is 0 Å². The molecule has 3 rings (SSSR count). The molecule has 0 aromatic heterocycles. The predicted molar refractivity (Wildman–Crippen MR) is 114 cm³/mol. The molecule has 1 heterocycles. The fourth-order valence-electron chi connectivity index (χ4n) is 2.66. The van der Waals surface area contributed by atoms with Gasteiger partial charge >= 0.3 is 0 Å². The Morgan fingerprint density at radius 1 is 1.11 bits per heavy atom. The first-order valence-corrected chi connectivity index (χ1v) is 9.80. The number of aryl methyl sites for hydroxylation is 2. The highest BCUT2D eigenvalue weighted by molar-refractivity contribution is 9.10. The highest BCUT2D eigenvalue weighted by Crippen LogP contribution is 2.36. The fourth-order valence-corrected chi connectivity index (χ4v) is 4.01. The van der Waals surface area contributed by atoms with Crippen molar-refractivity contribution in [3.63, 3.8) is 0 Å². The van der Waals surface area contributed by atoms with Gasteiger partial charge in [-0.05, 0) is 65.3 Å². The summed E-state index contributed by atoms with van der Waals surface area (Å²) in [6.07, 6.45) is 1.79. The first kappa shape index (κ1) is 19.5. The van der Waals surface area contributed by atoms with E-state index in [4.69, 9.17) is 9.47 Å². The minimum absolute atomic E-state index is 0.183. The Morgan fingerprint density at radius 3 is 2.52 bits per heavy atom. The maximum Gasteiger partial charge on any atom is 0.264 e. The van der Waals surface area contributed by atoms with E-state index in [-0.39, 0.29) is 5.91 Å². The van der Waals surface area contributed by atoms with Crippen LogP contribution in [0.25, 0.3) is 6.08 Å². The van der Waals surface area contributed by atoms with Gasteiger partial charge < -0.3 is 14.8 Å². The van der Waals surface area contributed by atoms with Crippen LogP contribution in [-0.4, -0.2) is 25.3 Å². The van der Waals surface area contributed by atoms with E-state index >= 15 is 0 Å². The van der Waals surface area contributed by atoms with E-state index in [1.165, 1.54) is 17.3 Å². The molecule has 0 atom stereocenters. The van der Waals surface area contributed by atoms with Gasteiger partial charge in [-0.25, -0.2) is 4.99 Å². The topological polar surface area (TPSA) is 59.9 Å². The van der Waals surface area contributed by atoms with E-state index in [0.29, 0.717) is 21.6 Å². The van der Waals surface area contributed by atoms with Gasteiger partial charge in [-0.15, -0.1) is 0 Å². The highest BCUT2D eigenvalue weighted by Gasteiger charge is 2.24. The van der Waals surface area contributed by atoms with Crippen molar-refractivity contribution >= 4 is 50.5 Å². The van der Waals surface area contributed by atoms with E-state index < -0.39 is 0 Å². The normalized spacial score (nSPS) is 16.7. The van der Waals surface area contributed by atoms with Crippen LogP contribution in [0.1, 0.15) is 16.7 Å². The van der Waals surface area contributed by atoms with Crippen molar-refractivity contribution in [3.8, 4) is 11.5 Å². The van der Waals surface area contributed by atoms with Crippen LogP contribution in [0.5, 0.6) is 11.5 Å². The van der Waals surface area contributed by atoms with E-state index in [2.05, 4.69) is 32.3 Å². The third-order valence-corrected chi connectivity index (χ3v) is 5.55. The Balaban J connectivity index is 1.92. The molecule has 1 N–H and O–H groups in total. The Bertz CT molecular complexity index is 970. The summed E-state index contributed by atoms with van der Waals surface area (Å²) in [5, 5.41) is 3.38. The van der Waals surface area contributed by atoms with Crippen molar-refractivity contribution < 1.29 is 14.3 Å². The van der Waals surface area contributed by atoms with E-state index in [1.54, 1.807) is 26.4 Å². The van der Waals surface area contributed by atoms with Crippen LogP contribution in [0.4, 0.5) is 5.69 Å². The summed E-state index contributed by atoms with van der Waals surface area (Å²) in [6.45, 7) is 4.04. The molecule has 5 nitrogen and oxygen atoms in total. The molecule has 27 heavy (non-hydrogen) atoms. The van der Waals surface area contributed by atoms with Crippen LogP contribution >= 0.6 is 27.7 Å². The minimum Gasteiger partial charge on any atom is -0.496 e. The van der Waals surface area contributed by atoms with Gasteiger partial charge in [0.05, 0.1) is 29.3 Å². The molecule has 0 radical (unpaired) electrons. The van der Waals surface area contributed by atoms with Crippen molar-refractivity contribution in [1.82, 2.24) is 5.32 Å². The lowest BCUT2D eigenvalue weighted by atomic mass is 10.1. The number of rotatable bonds is 4. The smallest absolute Gasteiger partial charge is 0.264 e. The zero-order valence-electron chi connectivity index (χ0n) is 15.4. The fraction of sp³-hybridized carbons (Fsp3) is 0.200. The van der Waals surface area contributed by atoms with Crippen LogP contribution < -0.4 is 14.8 Å². The molecule has 0 unspecified atom stereocenters. The average molecular weight is 447 g/mol.